The maximum absolute atomic E-state index is 5.58. The second kappa shape index (κ2) is 14.8. The molecule has 0 aliphatic carbocycles. The fourth-order valence-corrected chi connectivity index (χ4v) is 3.85. The summed E-state index contributed by atoms with van der Waals surface area (Å²) in [5.74, 6) is 3.61. The summed E-state index contributed by atoms with van der Waals surface area (Å²) in [6, 6.07) is 8.09. The van der Waals surface area contributed by atoms with Crippen molar-refractivity contribution in [2.75, 3.05) is 47.8 Å². The lowest BCUT2D eigenvalue weighted by Gasteiger charge is -2.14. The predicted molar refractivity (Wildman–Crippen MR) is 130 cm³/mol. The van der Waals surface area contributed by atoms with Crippen LogP contribution in [0.25, 0.3) is 0 Å². The summed E-state index contributed by atoms with van der Waals surface area (Å²) >= 11 is 1.64. The number of rotatable bonds is 11. The molecule has 2 aromatic carbocycles. The van der Waals surface area contributed by atoms with E-state index < -0.39 is 0 Å². The van der Waals surface area contributed by atoms with Crippen LogP contribution in [0.5, 0.6) is 23.0 Å². The average molecular weight is 451 g/mol. The van der Waals surface area contributed by atoms with E-state index in [1.807, 2.05) is 24.5 Å². The molecule has 0 saturated heterocycles. The van der Waals surface area contributed by atoms with Crippen molar-refractivity contribution in [3.63, 3.8) is 0 Å². The first-order chi connectivity index (χ1) is 15.0. The van der Waals surface area contributed by atoms with Crippen molar-refractivity contribution in [1.29, 1.82) is 0 Å². The van der Waals surface area contributed by atoms with Crippen LogP contribution in [0.15, 0.2) is 29.2 Å². The van der Waals surface area contributed by atoms with Crippen LogP contribution in [0.3, 0.4) is 0 Å². The average Bonchev–Trinajstić information content (AvgIpc) is 2.80. The van der Waals surface area contributed by atoms with E-state index in [-0.39, 0.29) is 0 Å². The van der Waals surface area contributed by atoms with Gasteiger partial charge in [-0.15, -0.1) is 11.8 Å². The van der Waals surface area contributed by atoms with Gasteiger partial charge in [-0.25, -0.2) is 0 Å². The van der Waals surface area contributed by atoms with Gasteiger partial charge in [0.15, 0.2) is 0 Å². The van der Waals surface area contributed by atoms with Crippen molar-refractivity contribution in [3.05, 3.63) is 41.0 Å². The lowest BCUT2D eigenvalue weighted by Crippen LogP contribution is -2.05. The summed E-state index contributed by atoms with van der Waals surface area (Å²) in [5.41, 5.74) is 14.5. The van der Waals surface area contributed by atoms with E-state index in [4.69, 9.17) is 30.4 Å². The first-order valence-corrected chi connectivity index (χ1v) is 11.7. The third-order valence-electron chi connectivity index (χ3n) is 4.82. The van der Waals surface area contributed by atoms with E-state index in [1.165, 1.54) is 5.56 Å². The highest BCUT2D eigenvalue weighted by Crippen LogP contribution is 2.34. The zero-order valence-corrected chi connectivity index (χ0v) is 20.6. The molecule has 0 saturated carbocycles. The van der Waals surface area contributed by atoms with E-state index >= 15 is 0 Å². The Hall–Kier alpha value is -2.09. The van der Waals surface area contributed by atoms with E-state index in [9.17, 15) is 0 Å². The molecule has 0 amide bonds. The molecule has 0 aliphatic heterocycles. The van der Waals surface area contributed by atoms with Gasteiger partial charge in [-0.3, -0.25) is 0 Å². The van der Waals surface area contributed by atoms with Gasteiger partial charge >= 0.3 is 0 Å². The number of thioether (sulfide) groups is 1. The van der Waals surface area contributed by atoms with Crippen molar-refractivity contribution in [3.8, 4) is 23.0 Å². The van der Waals surface area contributed by atoms with Crippen molar-refractivity contribution >= 4 is 11.8 Å². The number of benzene rings is 2. The third-order valence-corrected chi connectivity index (χ3v) is 5.58. The van der Waals surface area contributed by atoms with Gasteiger partial charge in [0, 0.05) is 0 Å². The summed E-state index contributed by atoms with van der Waals surface area (Å²) in [7, 11) is 6.74. The number of nitrogens with two attached hydrogens (primary N) is 2. The molecule has 0 aliphatic rings. The number of methoxy groups -OCH3 is 4. The highest BCUT2D eigenvalue weighted by atomic mass is 32.2. The van der Waals surface area contributed by atoms with Gasteiger partial charge in [-0.2, -0.15) is 0 Å². The molecule has 0 spiro atoms. The lowest BCUT2D eigenvalue weighted by atomic mass is 10.0. The molecule has 0 radical (unpaired) electrons. The topological polar surface area (TPSA) is 89.0 Å². The summed E-state index contributed by atoms with van der Waals surface area (Å²) < 4.78 is 21.4. The number of ether oxygens (including phenoxy) is 4. The summed E-state index contributed by atoms with van der Waals surface area (Å²) in [6.45, 7) is 3.38. The second-order valence-electron chi connectivity index (χ2n) is 6.82. The van der Waals surface area contributed by atoms with Gasteiger partial charge in [0.1, 0.15) is 23.0 Å². The minimum absolute atomic E-state index is 0.609. The van der Waals surface area contributed by atoms with Crippen LogP contribution in [-0.2, 0) is 19.3 Å². The fourth-order valence-electron chi connectivity index (χ4n) is 3.28. The molecular formula is C24H38N2O4S. The van der Waals surface area contributed by atoms with Gasteiger partial charge < -0.3 is 30.4 Å². The van der Waals surface area contributed by atoms with E-state index in [0.717, 1.165) is 64.7 Å². The van der Waals surface area contributed by atoms with Gasteiger partial charge in [0.25, 0.3) is 0 Å². The summed E-state index contributed by atoms with van der Waals surface area (Å²) in [4.78, 5) is 1.08. The van der Waals surface area contributed by atoms with Crippen LogP contribution in [0, 0.1) is 0 Å². The van der Waals surface area contributed by atoms with E-state index in [2.05, 4.69) is 13.0 Å². The second-order valence-corrected chi connectivity index (χ2v) is 7.67. The Morgan fingerprint density at radius 1 is 0.645 bits per heavy atom. The Morgan fingerprint density at radius 2 is 1.03 bits per heavy atom. The molecule has 0 heterocycles. The molecule has 4 N–H and O–H groups in total. The van der Waals surface area contributed by atoms with Gasteiger partial charge in [0.2, 0.25) is 0 Å². The normalized spacial score (nSPS) is 10.2. The van der Waals surface area contributed by atoms with Crippen LogP contribution in [0.1, 0.15) is 30.0 Å². The number of hydrogen-bond donors (Lipinski definition) is 2. The highest BCUT2D eigenvalue weighted by Gasteiger charge is 2.11. The Labute approximate surface area is 191 Å². The molecule has 0 fully saturated rings. The van der Waals surface area contributed by atoms with Crippen molar-refractivity contribution in [2.24, 2.45) is 11.5 Å². The fraction of sp³-hybridized carbons (Fsp3) is 0.500. The van der Waals surface area contributed by atoms with Gasteiger partial charge in [-0.05, 0) is 79.6 Å². The van der Waals surface area contributed by atoms with E-state index in [0.29, 0.717) is 13.1 Å². The smallest absolute Gasteiger partial charge is 0.132 e. The maximum Gasteiger partial charge on any atom is 0.132 e. The first-order valence-electron chi connectivity index (χ1n) is 10.5. The van der Waals surface area contributed by atoms with Crippen LogP contribution >= 0.6 is 11.8 Å². The summed E-state index contributed by atoms with van der Waals surface area (Å²) in [5, 5.41) is 0. The van der Waals surface area contributed by atoms with Crippen molar-refractivity contribution < 1.29 is 18.9 Å². The molecule has 0 aromatic heterocycles. The number of hydrogen-bond acceptors (Lipinski definition) is 7. The molecule has 2 rings (SSSR count). The zero-order chi connectivity index (χ0) is 23.2. The Balaban J connectivity index is 0.000000311. The third kappa shape index (κ3) is 7.83. The SMILES string of the molecule is CCCc1cc(OC)c(CCN)cc1OC.COc1cc(SC)c(OC)cc1CCN. The number of aryl methyl sites for hydroxylation is 1. The summed E-state index contributed by atoms with van der Waals surface area (Å²) in [6.07, 6.45) is 5.72. The molecule has 174 valence electrons. The predicted octanol–water partition coefficient (Wildman–Crippen LogP) is 4.08. The zero-order valence-electron chi connectivity index (χ0n) is 19.7. The van der Waals surface area contributed by atoms with Crippen LogP contribution < -0.4 is 30.4 Å². The maximum atomic E-state index is 5.58. The minimum Gasteiger partial charge on any atom is -0.496 e. The standard InChI is InChI=1S/C13H21NO2.C11H17NO2S/c1-4-5-10-8-13(16-3)11(6-7-14)9-12(10)15-2;1-13-9-7-11(15-3)10(14-2)6-8(9)4-5-12/h8-9H,4-7,14H2,1-3H3;6-7H,4-5,12H2,1-3H3. The minimum atomic E-state index is 0.609. The van der Waals surface area contributed by atoms with Crippen LogP contribution in [0.4, 0.5) is 0 Å². The molecule has 7 heteroatoms. The van der Waals surface area contributed by atoms with Gasteiger partial charge in [-0.1, -0.05) is 13.3 Å². The molecule has 2 aromatic rings. The van der Waals surface area contributed by atoms with Crippen molar-refractivity contribution in [1.82, 2.24) is 0 Å². The van der Waals surface area contributed by atoms with Crippen molar-refractivity contribution in [2.45, 2.75) is 37.5 Å². The molecule has 0 bridgehead atoms. The first kappa shape index (κ1) is 26.9. The quantitative estimate of drug-likeness (QED) is 0.499. The Bertz CT molecular complexity index is 766. The monoisotopic (exact) mass is 450 g/mol. The Morgan fingerprint density at radius 3 is 1.39 bits per heavy atom. The molecule has 0 atom stereocenters. The van der Waals surface area contributed by atoms with E-state index in [1.54, 1.807) is 40.2 Å². The molecule has 6 nitrogen and oxygen atoms in total. The van der Waals surface area contributed by atoms with Gasteiger partial charge in [0.05, 0.1) is 33.3 Å². The molecule has 0 unspecified atom stereocenters. The Kier molecular flexibility index (Phi) is 12.9. The lowest BCUT2D eigenvalue weighted by molar-refractivity contribution is 0.390. The highest BCUT2D eigenvalue weighted by molar-refractivity contribution is 7.98. The van der Waals surface area contributed by atoms with Crippen LogP contribution in [0.2, 0.25) is 0 Å². The molecule has 31 heavy (non-hydrogen) atoms. The largest absolute Gasteiger partial charge is 0.496 e. The van der Waals surface area contributed by atoms with Crippen LogP contribution in [-0.4, -0.2) is 47.8 Å². The molecular weight excluding hydrogens is 412 g/mol.